The smallest absolute Gasteiger partial charge is 0.387 e. The van der Waals surface area contributed by atoms with Crippen LogP contribution in [0.25, 0.3) is 0 Å². The number of nitrogens with one attached hydrogen (secondary N) is 1. The van der Waals surface area contributed by atoms with Crippen molar-refractivity contribution in [2.45, 2.75) is 32.9 Å². The number of carbonyl (C=O) groups excluding carboxylic acids is 1. The number of rotatable bonds is 8. The summed E-state index contributed by atoms with van der Waals surface area (Å²) in [5.41, 5.74) is 1.59. The Bertz CT molecular complexity index is 705. The average molecular weight is 349 g/mol. The van der Waals surface area contributed by atoms with Crippen molar-refractivity contribution in [3.05, 3.63) is 59.7 Å². The van der Waals surface area contributed by atoms with Crippen molar-refractivity contribution >= 4 is 5.91 Å². The van der Waals surface area contributed by atoms with Crippen molar-refractivity contribution in [3.8, 4) is 11.5 Å². The Kier molecular flexibility index (Phi) is 6.74. The van der Waals surface area contributed by atoms with Gasteiger partial charge in [0.05, 0.1) is 0 Å². The van der Waals surface area contributed by atoms with Gasteiger partial charge in [-0.2, -0.15) is 8.78 Å². The van der Waals surface area contributed by atoms with Crippen LogP contribution < -0.4 is 14.8 Å². The number of hydrogen-bond donors (Lipinski definition) is 1. The minimum absolute atomic E-state index is 0.0448. The van der Waals surface area contributed by atoms with Crippen LogP contribution in [0, 0.1) is 0 Å². The number of amides is 1. The standard InChI is InChI=1S/C19H21F2NO3/c1-13(2)14-7-5-8-16(10-14)24-12-18(23)22-11-15-6-3-4-9-17(15)25-19(20)21/h3-10,13,19H,11-12H2,1-2H3,(H,22,23). The highest BCUT2D eigenvalue weighted by Crippen LogP contribution is 2.21. The van der Waals surface area contributed by atoms with Crippen molar-refractivity contribution in [2.75, 3.05) is 6.61 Å². The molecule has 134 valence electrons. The second-order valence-corrected chi connectivity index (χ2v) is 5.78. The summed E-state index contributed by atoms with van der Waals surface area (Å²) in [5.74, 6) is 0.677. The summed E-state index contributed by atoms with van der Waals surface area (Å²) in [6.45, 7) is 1.17. The Morgan fingerprint density at radius 3 is 2.60 bits per heavy atom. The largest absolute Gasteiger partial charge is 0.484 e. The number of halogens is 2. The monoisotopic (exact) mass is 349 g/mol. The lowest BCUT2D eigenvalue weighted by atomic mass is 10.0. The first-order valence-corrected chi connectivity index (χ1v) is 7.98. The van der Waals surface area contributed by atoms with Gasteiger partial charge in [0.25, 0.3) is 5.91 Å². The van der Waals surface area contributed by atoms with Crippen molar-refractivity contribution in [2.24, 2.45) is 0 Å². The third-order valence-corrected chi connectivity index (χ3v) is 3.56. The summed E-state index contributed by atoms with van der Waals surface area (Å²) in [6.07, 6.45) is 0. The van der Waals surface area contributed by atoms with E-state index in [2.05, 4.69) is 23.9 Å². The van der Waals surface area contributed by atoms with E-state index in [-0.39, 0.29) is 24.8 Å². The zero-order valence-electron chi connectivity index (χ0n) is 14.2. The lowest BCUT2D eigenvalue weighted by Crippen LogP contribution is -2.28. The SMILES string of the molecule is CC(C)c1cccc(OCC(=O)NCc2ccccc2OC(F)F)c1. The van der Waals surface area contributed by atoms with E-state index in [0.29, 0.717) is 17.2 Å². The highest BCUT2D eigenvalue weighted by Gasteiger charge is 2.10. The van der Waals surface area contributed by atoms with Crippen molar-refractivity contribution < 1.29 is 23.0 Å². The first kappa shape index (κ1) is 18.7. The number of carbonyl (C=O) groups is 1. The lowest BCUT2D eigenvalue weighted by molar-refractivity contribution is -0.123. The molecule has 1 N–H and O–H groups in total. The molecule has 0 radical (unpaired) electrons. The summed E-state index contributed by atoms with van der Waals surface area (Å²) >= 11 is 0. The lowest BCUT2D eigenvalue weighted by Gasteiger charge is -2.12. The Balaban J connectivity index is 1.86. The molecule has 0 saturated carbocycles. The fourth-order valence-corrected chi connectivity index (χ4v) is 2.22. The predicted octanol–water partition coefficient (Wildman–Crippen LogP) is 4.11. The Morgan fingerprint density at radius 1 is 1.12 bits per heavy atom. The molecule has 2 rings (SSSR count). The van der Waals surface area contributed by atoms with Crippen molar-refractivity contribution in [3.63, 3.8) is 0 Å². The Labute approximate surface area is 145 Å². The Hall–Kier alpha value is -2.63. The minimum atomic E-state index is -2.91. The average Bonchev–Trinajstić information content (AvgIpc) is 2.59. The van der Waals surface area contributed by atoms with Crippen LogP contribution in [0.5, 0.6) is 11.5 Å². The molecule has 2 aromatic rings. The molecule has 0 fully saturated rings. The molecule has 25 heavy (non-hydrogen) atoms. The van der Waals surface area contributed by atoms with Crippen LogP contribution >= 0.6 is 0 Å². The van der Waals surface area contributed by atoms with Gasteiger partial charge in [-0.3, -0.25) is 4.79 Å². The van der Waals surface area contributed by atoms with Crippen LogP contribution in [-0.4, -0.2) is 19.1 Å². The maximum Gasteiger partial charge on any atom is 0.387 e. The van der Waals surface area contributed by atoms with E-state index in [1.54, 1.807) is 24.3 Å². The second-order valence-electron chi connectivity index (χ2n) is 5.78. The third kappa shape index (κ3) is 6.06. The summed E-state index contributed by atoms with van der Waals surface area (Å²) < 4.78 is 34.6. The maximum atomic E-state index is 12.4. The van der Waals surface area contributed by atoms with Crippen molar-refractivity contribution in [1.82, 2.24) is 5.32 Å². The van der Waals surface area contributed by atoms with Crippen LogP contribution in [0.1, 0.15) is 30.9 Å². The van der Waals surface area contributed by atoms with Crippen LogP contribution in [0.3, 0.4) is 0 Å². The molecule has 2 aromatic carbocycles. The fourth-order valence-electron chi connectivity index (χ4n) is 2.22. The Morgan fingerprint density at radius 2 is 1.88 bits per heavy atom. The maximum absolute atomic E-state index is 12.4. The van der Waals surface area contributed by atoms with Gasteiger partial charge in [0.1, 0.15) is 11.5 Å². The van der Waals surface area contributed by atoms with Gasteiger partial charge in [-0.25, -0.2) is 0 Å². The molecule has 0 unspecified atom stereocenters. The quantitative estimate of drug-likeness (QED) is 0.780. The highest BCUT2D eigenvalue weighted by atomic mass is 19.3. The highest BCUT2D eigenvalue weighted by molar-refractivity contribution is 5.77. The molecule has 0 bridgehead atoms. The molecule has 1 amide bonds. The molecule has 0 aliphatic heterocycles. The molecule has 0 aromatic heterocycles. The molecular formula is C19H21F2NO3. The number of alkyl halides is 2. The van der Waals surface area contributed by atoms with E-state index in [9.17, 15) is 13.6 Å². The molecule has 0 aliphatic carbocycles. The van der Waals surface area contributed by atoms with Gasteiger partial charge in [0.15, 0.2) is 6.61 Å². The molecule has 0 heterocycles. The third-order valence-electron chi connectivity index (χ3n) is 3.56. The molecule has 4 nitrogen and oxygen atoms in total. The first-order valence-electron chi connectivity index (χ1n) is 7.98. The van der Waals surface area contributed by atoms with Crippen molar-refractivity contribution in [1.29, 1.82) is 0 Å². The number of benzene rings is 2. The van der Waals surface area contributed by atoms with E-state index < -0.39 is 6.61 Å². The van der Waals surface area contributed by atoms with E-state index in [4.69, 9.17) is 4.74 Å². The van der Waals surface area contributed by atoms with Crippen LogP contribution in [0.2, 0.25) is 0 Å². The number of hydrogen-bond acceptors (Lipinski definition) is 3. The van der Waals surface area contributed by atoms with Gasteiger partial charge in [-0.05, 0) is 29.7 Å². The molecular weight excluding hydrogens is 328 g/mol. The van der Waals surface area contributed by atoms with Gasteiger partial charge < -0.3 is 14.8 Å². The zero-order chi connectivity index (χ0) is 18.2. The number of ether oxygens (including phenoxy) is 2. The molecule has 0 saturated heterocycles. The van der Waals surface area contributed by atoms with Crippen LogP contribution in [-0.2, 0) is 11.3 Å². The summed E-state index contributed by atoms with van der Waals surface area (Å²) in [5, 5.41) is 2.63. The van der Waals surface area contributed by atoms with E-state index in [1.807, 2.05) is 18.2 Å². The van der Waals surface area contributed by atoms with Gasteiger partial charge in [-0.1, -0.05) is 44.2 Å². The van der Waals surface area contributed by atoms with Gasteiger partial charge >= 0.3 is 6.61 Å². The molecule has 0 aliphatic rings. The zero-order valence-corrected chi connectivity index (χ0v) is 14.2. The van der Waals surface area contributed by atoms with Gasteiger partial charge in [0, 0.05) is 12.1 Å². The number of para-hydroxylation sites is 1. The molecule has 6 heteroatoms. The topological polar surface area (TPSA) is 47.6 Å². The van der Waals surface area contributed by atoms with Crippen LogP contribution in [0.15, 0.2) is 48.5 Å². The van der Waals surface area contributed by atoms with E-state index >= 15 is 0 Å². The predicted molar refractivity (Wildman–Crippen MR) is 90.9 cm³/mol. The van der Waals surface area contributed by atoms with E-state index in [0.717, 1.165) is 5.56 Å². The summed E-state index contributed by atoms with van der Waals surface area (Å²) in [4.78, 5) is 11.9. The molecule has 0 atom stereocenters. The first-order chi connectivity index (χ1) is 12.0. The summed E-state index contributed by atoms with van der Waals surface area (Å²) in [6, 6.07) is 13.9. The second kappa shape index (κ2) is 9.01. The molecule has 0 spiro atoms. The fraction of sp³-hybridized carbons (Fsp3) is 0.316. The van der Waals surface area contributed by atoms with Gasteiger partial charge in [-0.15, -0.1) is 0 Å². The van der Waals surface area contributed by atoms with Crippen LogP contribution in [0.4, 0.5) is 8.78 Å². The van der Waals surface area contributed by atoms with E-state index in [1.165, 1.54) is 6.07 Å². The van der Waals surface area contributed by atoms with Gasteiger partial charge in [0.2, 0.25) is 0 Å². The minimum Gasteiger partial charge on any atom is -0.484 e. The normalized spacial score (nSPS) is 10.8. The summed E-state index contributed by atoms with van der Waals surface area (Å²) in [7, 11) is 0.